The summed E-state index contributed by atoms with van der Waals surface area (Å²) in [7, 11) is 0. The van der Waals surface area contributed by atoms with Crippen molar-refractivity contribution in [3.63, 3.8) is 0 Å². The van der Waals surface area contributed by atoms with Gasteiger partial charge in [-0.3, -0.25) is 24.4 Å². The number of hydrogen-bond acceptors (Lipinski definition) is 9. The van der Waals surface area contributed by atoms with Crippen LogP contribution >= 0.6 is 11.6 Å². The number of amides is 1. The Balaban J connectivity index is 1.12. The maximum absolute atomic E-state index is 13.9. The van der Waals surface area contributed by atoms with Crippen LogP contribution in [0.15, 0.2) is 73.3 Å². The van der Waals surface area contributed by atoms with Gasteiger partial charge in [-0.05, 0) is 63.9 Å². The number of nitrogens with zero attached hydrogens (tertiary/aromatic N) is 6. The average molecular weight is 676 g/mol. The Bertz CT molecular complexity index is 2130. The minimum atomic E-state index is -0.394. The van der Waals surface area contributed by atoms with E-state index in [9.17, 15) is 4.79 Å². The number of aromatic nitrogens is 6. The van der Waals surface area contributed by atoms with E-state index in [2.05, 4.69) is 67.5 Å². The standard InChI is InChI=1S/C36H38ClN11O/c1-22-5-2-6-24(15-22)30-18-41-33(35-44-29(21-47(30)35)25-7-3-13-38-16-25)45-46-36(49)31-19-40-32(42-27-8-4-14-39-17-27)34-43-28(20-48(31)34)23-9-11-26(37)12-10-23/h2,5-6,9-12,15,18-21,25,27,38-39H,3-4,7-8,13-14,16-17H2,1H3,(H,40,42)(H,41,45)(H,46,49). The molecule has 8 rings (SSSR count). The number of piperidine rings is 2. The highest BCUT2D eigenvalue weighted by Gasteiger charge is 2.23. The number of imidazole rings is 2. The molecule has 1 amide bonds. The molecule has 2 saturated heterocycles. The summed E-state index contributed by atoms with van der Waals surface area (Å²) >= 11 is 6.16. The van der Waals surface area contributed by atoms with Gasteiger partial charge in [0.15, 0.2) is 22.9 Å². The number of hydrogen-bond donors (Lipinski definition) is 5. The summed E-state index contributed by atoms with van der Waals surface area (Å²) in [5.74, 6) is 0.970. The number of halogens is 1. The number of rotatable bonds is 8. The molecular weight excluding hydrogens is 638 g/mol. The predicted molar refractivity (Wildman–Crippen MR) is 192 cm³/mol. The maximum Gasteiger partial charge on any atom is 0.288 e. The first kappa shape index (κ1) is 31.2. The normalized spacial score (nSPS) is 18.1. The number of carbonyl (C=O) groups excluding carboxylic acids is 1. The number of carbonyl (C=O) groups is 1. The fourth-order valence-corrected chi connectivity index (χ4v) is 6.88. The maximum atomic E-state index is 13.9. The van der Waals surface area contributed by atoms with Crippen LogP contribution < -0.4 is 26.8 Å². The first-order valence-corrected chi connectivity index (χ1v) is 17.2. The second-order valence-electron chi connectivity index (χ2n) is 12.8. The third kappa shape index (κ3) is 6.42. The van der Waals surface area contributed by atoms with Crippen LogP contribution in [0.2, 0.25) is 5.02 Å². The third-order valence-corrected chi connectivity index (χ3v) is 9.59. The molecule has 2 unspecified atom stereocenters. The second kappa shape index (κ2) is 13.5. The van der Waals surface area contributed by atoms with E-state index in [1.807, 2.05) is 42.7 Å². The van der Waals surface area contributed by atoms with Crippen LogP contribution in [0.4, 0.5) is 11.6 Å². The zero-order chi connectivity index (χ0) is 33.3. The number of nitrogens with one attached hydrogen (secondary N) is 5. The van der Waals surface area contributed by atoms with Crippen LogP contribution in [-0.4, -0.2) is 66.9 Å². The zero-order valence-corrected chi connectivity index (χ0v) is 28.0. The molecule has 2 aliphatic rings. The molecule has 0 bridgehead atoms. The van der Waals surface area contributed by atoms with E-state index in [0.29, 0.717) is 45.3 Å². The van der Waals surface area contributed by atoms with Crippen LogP contribution in [0.3, 0.4) is 0 Å². The molecule has 6 heterocycles. The van der Waals surface area contributed by atoms with E-state index < -0.39 is 5.91 Å². The molecule has 2 aromatic carbocycles. The van der Waals surface area contributed by atoms with Crippen molar-refractivity contribution in [3.8, 4) is 22.5 Å². The van der Waals surface area contributed by atoms with Crippen molar-refractivity contribution in [1.29, 1.82) is 0 Å². The first-order valence-electron chi connectivity index (χ1n) is 16.8. The van der Waals surface area contributed by atoms with Crippen LogP contribution in [0.25, 0.3) is 33.8 Å². The lowest BCUT2D eigenvalue weighted by Crippen LogP contribution is -2.38. The molecule has 250 valence electrons. The largest absolute Gasteiger partial charge is 0.363 e. The summed E-state index contributed by atoms with van der Waals surface area (Å²) in [6, 6.07) is 16.0. The molecule has 6 aromatic rings. The van der Waals surface area contributed by atoms with Crippen LogP contribution in [-0.2, 0) is 0 Å². The molecule has 0 aliphatic carbocycles. The Morgan fingerprint density at radius 3 is 2.45 bits per heavy atom. The van der Waals surface area contributed by atoms with Gasteiger partial charge in [-0.2, -0.15) is 0 Å². The molecule has 0 spiro atoms. The molecule has 0 radical (unpaired) electrons. The van der Waals surface area contributed by atoms with Gasteiger partial charge in [0, 0.05) is 53.6 Å². The smallest absolute Gasteiger partial charge is 0.288 e. The minimum absolute atomic E-state index is 0.210. The first-order chi connectivity index (χ1) is 24.0. The van der Waals surface area contributed by atoms with Gasteiger partial charge in [-0.15, -0.1) is 0 Å². The molecule has 2 fully saturated rings. The molecule has 12 nitrogen and oxygen atoms in total. The fourth-order valence-electron chi connectivity index (χ4n) is 6.76. The van der Waals surface area contributed by atoms with Gasteiger partial charge in [0.1, 0.15) is 5.69 Å². The van der Waals surface area contributed by atoms with Crippen molar-refractivity contribution in [3.05, 3.63) is 95.3 Å². The van der Waals surface area contributed by atoms with E-state index in [1.54, 1.807) is 10.6 Å². The minimum Gasteiger partial charge on any atom is -0.363 e. The van der Waals surface area contributed by atoms with E-state index in [4.69, 9.17) is 26.6 Å². The van der Waals surface area contributed by atoms with Crippen molar-refractivity contribution >= 4 is 40.4 Å². The van der Waals surface area contributed by atoms with Gasteiger partial charge in [0.25, 0.3) is 5.91 Å². The Labute approximate surface area is 288 Å². The lowest BCUT2D eigenvalue weighted by molar-refractivity contribution is 0.0956. The Morgan fingerprint density at radius 1 is 0.878 bits per heavy atom. The summed E-state index contributed by atoms with van der Waals surface area (Å²) in [5.41, 5.74) is 13.2. The lowest BCUT2D eigenvalue weighted by atomic mass is 9.97. The highest BCUT2D eigenvalue weighted by molar-refractivity contribution is 6.30. The van der Waals surface area contributed by atoms with Gasteiger partial charge < -0.3 is 16.0 Å². The van der Waals surface area contributed by atoms with Gasteiger partial charge in [0.2, 0.25) is 0 Å². The molecule has 2 aliphatic heterocycles. The predicted octanol–water partition coefficient (Wildman–Crippen LogP) is 5.46. The average Bonchev–Trinajstić information content (AvgIpc) is 3.78. The van der Waals surface area contributed by atoms with Crippen molar-refractivity contribution < 1.29 is 4.79 Å². The third-order valence-electron chi connectivity index (χ3n) is 9.34. The quantitative estimate of drug-likeness (QED) is 0.133. The molecule has 13 heteroatoms. The van der Waals surface area contributed by atoms with E-state index in [0.717, 1.165) is 79.9 Å². The summed E-state index contributed by atoms with van der Waals surface area (Å²) in [6.07, 6.45) is 11.6. The van der Waals surface area contributed by atoms with Crippen molar-refractivity contribution in [2.24, 2.45) is 0 Å². The van der Waals surface area contributed by atoms with Crippen LogP contribution in [0.5, 0.6) is 0 Å². The Kier molecular flexibility index (Phi) is 8.58. The molecular formula is C36H38ClN11O. The van der Waals surface area contributed by atoms with Gasteiger partial charge in [0.05, 0.1) is 29.5 Å². The van der Waals surface area contributed by atoms with Gasteiger partial charge in [-0.25, -0.2) is 19.9 Å². The molecule has 0 saturated carbocycles. The number of benzene rings is 2. The molecule has 5 N–H and O–H groups in total. The number of aryl methyl sites for hydroxylation is 1. The van der Waals surface area contributed by atoms with Gasteiger partial charge >= 0.3 is 0 Å². The van der Waals surface area contributed by atoms with E-state index in [1.165, 1.54) is 0 Å². The number of anilines is 2. The second-order valence-corrected chi connectivity index (χ2v) is 13.3. The molecule has 4 aromatic heterocycles. The summed E-state index contributed by atoms with van der Waals surface area (Å²) in [6.45, 7) is 5.82. The Hall–Kier alpha value is -5.04. The fraction of sp³-hybridized carbons (Fsp3) is 0.306. The Morgan fingerprint density at radius 2 is 1.67 bits per heavy atom. The SMILES string of the molecule is Cc1cccc(-c2cnc(NNC(=O)c3cnc(NC4CCCNC4)c4nc(-c5ccc(Cl)cc5)cn34)c3nc(C4CCCNC4)cn23)c1. The van der Waals surface area contributed by atoms with E-state index in [-0.39, 0.29) is 6.04 Å². The zero-order valence-electron chi connectivity index (χ0n) is 27.2. The summed E-state index contributed by atoms with van der Waals surface area (Å²) in [5, 5.41) is 11.1. The highest BCUT2D eigenvalue weighted by Crippen LogP contribution is 2.30. The topological polar surface area (TPSA) is 138 Å². The van der Waals surface area contributed by atoms with E-state index >= 15 is 0 Å². The van der Waals surface area contributed by atoms with Crippen molar-refractivity contribution in [2.75, 3.05) is 36.9 Å². The molecule has 2 atom stereocenters. The van der Waals surface area contributed by atoms with Crippen LogP contribution in [0, 0.1) is 6.92 Å². The number of fused-ring (bicyclic) bond motifs is 2. The molecule has 49 heavy (non-hydrogen) atoms. The monoisotopic (exact) mass is 675 g/mol. The van der Waals surface area contributed by atoms with Crippen molar-refractivity contribution in [2.45, 2.75) is 44.6 Å². The summed E-state index contributed by atoms with van der Waals surface area (Å²) < 4.78 is 3.84. The lowest BCUT2D eigenvalue weighted by Gasteiger charge is -2.24. The van der Waals surface area contributed by atoms with Crippen molar-refractivity contribution in [1.82, 2.24) is 44.8 Å². The number of hydrazine groups is 1. The van der Waals surface area contributed by atoms with Crippen LogP contribution in [0.1, 0.15) is 53.3 Å². The van der Waals surface area contributed by atoms with Gasteiger partial charge in [-0.1, -0.05) is 47.5 Å². The summed E-state index contributed by atoms with van der Waals surface area (Å²) in [4.78, 5) is 33.3. The highest BCUT2D eigenvalue weighted by atomic mass is 35.5.